The van der Waals surface area contributed by atoms with Crippen molar-refractivity contribution in [3.63, 3.8) is 0 Å². The molecule has 0 heterocycles. The number of para-hydroxylation sites is 2. The van der Waals surface area contributed by atoms with Gasteiger partial charge in [0.1, 0.15) is 11.3 Å². The number of ether oxygens (including phenoxy) is 1. The Hall–Kier alpha value is -1.71. The van der Waals surface area contributed by atoms with Crippen molar-refractivity contribution in [2.45, 2.75) is 25.8 Å². The highest BCUT2D eigenvalue weighted by molar-refractivity contribution is 5.87. The Morgan fingerprint density at radius 3 is 2.62 bits per heavy atom. The molecule has 0 aliphatic rings. The van der Waals surface area contributed by atoms with Gasteiger partial charge in [-0.1, -0.05) is 19.1 Å². The smallest absolute Gasteiger partial charge is 0.242 e. The number of hydrogen-bond donors (Lipinski definition) is 2. The van der Waals surface area contributed by atoms with Gasteiger partial charge in [-0.25, -0.2) is 0 Å². The molecule has 0 aliphatic carbocycles. The quantitative estimate of drug-likeness (QED) is 0.798. The minimum Gasteiger partial charge on any atom is -0.495 e. The van der Waals surface area contributed by atoms with E-state index in [1.165, 1.54) is 0 Å². The molecule has 1 rings (SSSR count). The number of nitrogens with two attached hydrogens (primary N) is 1. The highest BCUT2D eigenvalue weighted by atomic mass is 16.5. The van der Waals surface area contributed by atoms with Gasteiger partial charge in [0.2, 0.25) is 5.91 Å². The number of carbonyl (C=O) groups excluding carboxylic acids is 1. The number of primary amides is 1. The van der Waals surface area contributed by atoms with Gasteiger partial charge in [-0.2, -0.15) is 0 Å². The van der Waals surface area contributed by atoms with Crippen LogP contribution in [-0.2, 0) is 4.79 Å². The van der Waals surface area contributed by atoms with E-state index in [0.29, 0.717) is 12.2 Å². The molecule has 4 heteroatoms. The predicted octanol–water partition coefficient (Wildman–Crippen LogP) is 1.76. The number of rotatable bonds is 5. The summed E-state index contributed by atoms with van der Waals surface area (Å²) in [5.41, 5.74) is 5.39. The first-order valence-electron chi connectivity index (χ1n) is 5.24. The van der Waals surface area contributed by atoms with Crippen LogP contribution in [0, 0.1) is 0 Å². The molecular formula is C12H18N2O2. The summed E-state index contributed by atoms with van der Waals surface area (Å²) in [5.74, 6) is 0.323. The van der Waals surface area contributed by atoms with Gasteiger partial charge in [-0.3, -0.25) is 4.79 Å². The molecule has 88 valence electrons. The molecule has 1 aromatic carbocycles. The van der Waals surface area contributed by atoms with E-state index in [1.54, 1.807) is 14.0 Å². The van der Waals surface area contributed by atoms with Gasteiger partial charge < -0.3 is 15.8 Å². The van der Waals surface area contributed by atoms with Gasteiger partial charge in [0, 0.05) is 0 Å². The second-order valence-electron chi connectivity index (χ2n) is 3.88. The van der Waals surface area contributed by atoms with Crippen LogP contribution in [0.5, 0.6) is 5.75 Å². The first-order valence-corrected chi connectivity index (χ1v) is 5.24. The molecule has 1 atom stereocenters. The lowest BCUT2D eigenvalue weighted by atomic mass is 9.97. The zero-order valence-electron chi connectivity index (χ0n) is 9.91. The standard InChI is InChI=1S/C12H18N2O2/c1-4-12(2,11(13)15)14-9-7-5-6-8-10(9)16-3/h5-8,14H,4H2,1-3H3,(H2,13,15). The number of anilines is 1. The molecule has 1 unspecified atom stereocenters. The molecule has 0 fully saturated rings. The molecule has 0 radical (unpaired) electrons. The molecule has 3 N–H and O–H groups in total. The summed E-state index contributed by atoms with van der Waals surface area (Å²) >= 11 is 0. The van der Waals surface area contributed by atoms with Crippen LogP contribution < -0.4 is 15.8 Å². The Bertz CT molecular complexity index is 379. The van der Waals surface area contributed by atoms with Crippen molar-refractivity contribution < 1.29 is 9.53 Å². The Labute approximate surface area is 95.8 Å². The molecule has 0 saturated carbocycles. The Kier molecular flexibility index (Phi) is 3.77. The molecule has 0 aliphatic heterocycles. The first-order chi connectivity index (χ1) is 7.53. The van der Waals surface area contributed by atoms with Gasteiger partial charge >= 0.3 is 0 Å². The van der Waals surface area contributed by atoms with Crippen molar-refractivity contribution in [2.75, 3.05) is 12.4 Å². The van der Waals surface area contributed by atoms with Crippen LogP contribution >= 0.6 is 0 Å². The topological polar surface area (TPSA) is 64.3 Å². The van der Waals surface area contributed by atoms with Crippen molar-refractivity contribution in [3.05, 3.63) is 24.3 Å². The largest absolute Gasteiger partial charge is 0.495 e. The van der Waals surface area contributed by atoms with Crippen molar-refractivity contribution in [1.82, 2.24) is 0 Å². The van der Waals surface area contributed by atoms with Crippen LogP contribution in [0.15, 0.2) is 24.3 Å². The van der Waals surface area contributed by atoms with E-state index in [4.69, 9.17) is 10.5 Å². The average Bonchev–Trinajstić information content (AvgIpc) is 2.29. The maximum absolute atomic E-state index is 11.4. The summed E-state index contributed by atoms with van der Waals surface area (Å²) in [6.07, 6.45) is 0.611. The fourth-order valence-electron chi connectivity index (χ4n) is 1.37. The molecular weight excluding hydrogens is 204 g/mol. The zero-order valence-corrected chi connectivity index (χ0v) is 9.91. The highest BCUT2D eigenvalue weighted by Gasteiger charge is 2.29. The van der Waals surface area contributed by atoms with E-state index in [-0.39, 0.29) is 5.91 Å². The summed E-state index contributed by atoms with van der Waals surface area (Å²) in [4.78, 5) is 11.4. The van der Waals surface area contributed by atoms with Gasteiger partial charge in [0.25, 0.3) is 0 Å². The number of methoxy groups -OCH3 is 1. The number of hydrogen-bond acceptors (Lipinski definition) is 3. The summed E-state index contributed by atoms with van der Waals surface area (Å²) in [7, 11) is 1.59. The molecule has 0 spiro atoms. The summed E-state index contributed by atoms with van der Waals surface area (Å²) < 4.78 is 5.20. The van der Waals surface area contributed by atoms with E-state index in [9.17, 15) is 4.79 Å². The minimum atomic E-state index is -0.755. The Morgan fingerprint density at radius 2 is 2.12 bits per heavy atom. The molecule has 0 aromatic heterocycles. The lowest BCUT2D eigenvalue weighted by Crippen LogP contribution is -2.47. The first kappa shape index (κ1) is 12.4. The molecule has 1 aromatic rings. The Balaban J connectivity index is 2.98. The van der Waals surface area contributed by atoms with E-state index in [0.717, 1.165) is 5.69 Å². The summed E-state index contributed by atoms with van der Waals surface area (Å²) in [6.45, 7) is 3.69. The van der Waals surface area contributed by atoms with Gasteiger partial charge in [0.15, 0.2) is 0 Å². The van der Waals surface area contributed by atoms with E-state index in [1.807, 2.05) is 31.2 Å². The third kappa shape index (κ3) is 2.45. The molecule has 0 saturated heterocycles. The van der Waals surface area contributed by atoms with Crippen LogP contribution in [0.25, 0.3) is 0 Å². The summed E-state index contributed by atoms with van der Waals surface area (Å²) in [5, 5.41) is 3.12. The zero-order chi connectivity index (χ0) is 12.2. The van der Waals surface area contributed by atoms with Crippen molar-refractivity contribution in [2.24, 2.45) is 5.73 Å². The van der Waals surface area contributed by atoms with E-state index >= 15 is 0 Å². The average molecular weight is 222 g/mol. The minimum absolute atomic E-state index is 0.374. The van der Waals surface area contributed by atoms with Gasteiger partial charge in [-0.15, -0.1) is 0 Å². The number of amides is 1. The highest BCUT2D eigenvalue weighted by Crippen LogP contribution is 2.27. The van der Waals surface area contributed by atoms with Crippen molar-refractivity contribution >= 4 is 11.6 Å². The second-order valence-corrected chi connectivity index (χ2v) is 3.88. The fourth-order valence-corrected chi connectivity index (χ4v) is 1.37. The van der Waals surface area contributed by atoms with Crippen molar-refractivity contribution in [3.8, 4) is 5.75 Å². The van der Waals surface area contributed by atoms with Crippen LogP contribution in [0.3, 0.4) is 0 Å². The number of carbonyl (C=O) groups is 1. The molecule has 4 nitrogen and oxygen atoms in total. The normalized spacial score (nSPS) is 13.9. The number of benzene rings is 1. The number of nitrogens with one attached hydrogen (secondary N) is 1. The molecule has 0 bridgehead atoms. The molecule has 1 amide bonds. The predicted molar refractivity (Wildman–Crippen MR) is 64.5 cm³/mol. The lowest BCUT2D eigenvalue weighted by Gasteiger charge is -2.27. The van der Waals surface area contributed by atoms with Gasteiger partial charge in [0.05, 0.1) is 12.8 Å². The van der Waals surface area contributed by atoms with Crippen molar-refractivity contribution in [1.29, 1.82) is 0 Å². The summed E-state index contributed by atoms with van der Waals surface area (Å²) in [6, 6.07) is 7.44. The maximum atomic E-state index is 11.4. The molecule has 16 heavy (non-hydrogen) atoms. The fraction of sp³-hybridized carbons (Fsp3) is 0.417. The van der Waals surface area contributed by atoms with Gasteiger partial charge in [-0.05, 0) is 25.5 Å². The van der Waals surface area contributed by atoms with Crippen LogP contribution in [0.2, 0.25) is 0 Å². The third-order valence-corrected chi connectivity index (χ3v) is 2.77. The monoisotopic (exact) mass is 222 g/mol. The second kappa shape index (κ2) is 4.88. The van der Waals surface area contributed by atoms with Crippen LogP contribution in [0.4, 0.5) is 5.69 Å². The Morgan fingerprint density at radius 1 is 1.50 bits per heavy atom. The van der Waals surface area contributed by atoms with E-state index < -0.39 is 5.54 Å². The van der Waals surface area contributed by atoms with Crippen LogP contribution in [-0.4, -0.2) is 18.6 Å². The SMILES string of the molecule is CCC(C)(Nc1ccccc1OC)C(N)=O. The maximum Gasteiger partial charge on any atom is 0.242 e. The lowest BCUT2D eigenvalue weighted by molar-refractivity contribution is -0.121. The third-order valence-electron chi connectivity index (χ3n) is 2.77. The van der Waals surface area contributed by atoms with Crippen LogP contribution in [0.1, 0.15) is 20.3 Å². The van der Waals surface area contributed by atoms with E-state index in [2.05, 4.69) is 5.32 Å².